The van der Waals surface area contributed by atoms with Crippen molar-refractivity contribution in [1.82, 2.24) is 5.32 Å². The molecule has 14 nitrogen and oxygen atoms in total. The number of ketones is 1. The first kappa shape index (κ1) is 51.6. The van der Waals surface area contributed by atoms with E-state index in [9.17, 15) is 29.7 Å². The fourth-order valence-corrected chi connectivity index (χ4v) is 11.3. The van der Waals surface area contributed by atoms with Crippen molar-refractivity contribution in [3.05, 3.63) is 24.8 Å². The molecule has 14 heteroatoms. The minimum Gasteiger partial charge on any atom is -0.461 e. The minimum atomic E-state index is -1.47. The van der Waals surface area contributed by atoms with Crippen molar-refractivity contribution in [2.24, 2.45) is 41.4 Å². The lowest BCUT2D eigenvalue weighted by Crippen LogP contribution is -2.63. The van der Waals surface area contributed by atoms with Crippen molar-refractivity contribution in [2.45, 2.75) is 205 Å². The van der Waals surface area contributed by atoms with Gasteiger partial charge in [0.2, 0.25) is 5.79 Å². The molecule has 0 aromatic carbocycles. The molecule has 18 atom stereocenters. The molecule has 5 heterocycles. The zero-order valence-corrected chi connectivity index (χ0v) is 39.8. The molecular formula is C49H81NO13. The summed E-state index contributed by atoms with van der Waals surface area (Å²) in [5.41, 5.74) is -1.79. The number of aliphatic hydroxyl groups excluding tert-OH is 2. The average molecular weight is 892 g/mol. The summed E-state index contributed by atoms with van der Waals surface area (Å²) in [5.74, 6) is -5.52. The molecule has 2 spiro atoms. The molecule has 360 valence electrons. The number of ether oxygens (including phenoxy) is 7. The molecule has 5 aliphatic rings. The predicted molar refractivity (Wildman–Crippen MR) is 236 cm³/mol. The lowest BCUT2D eigenvalue weighted by molar-refractivity contribution is -0.408. The highest BCUT2D eigenvalue weighted by atomic mass is 16.8. The van der Waals surface area contributed by atoms with Crippen LogP contribution < -0.4 is 5.32 Å². The van der Waals surface area contributed by atoms with E-state index in [4.69, 9.17) is 33.2 Å². The maximum absolute atomic E-state index is 14.7. The Labute approximate surface area is 376 Å². The van der Waals surface area contributed by atoms with Crippen molar-refractivity contribution in [2.75, 3.05) is 19.8 Å². The van der Waals surface area contributed by atoms with Crippen LogP contribution >= 0.6 is 0 Å². The zero-order valence-electron chi connectivity index (χ0n) is 39.8. The van der Waals surface area contributed by atoms with Gasteiger partial charge in [-0.25, -0.2) is 4.79 Å². The third-order valence-electron chi connectivity index (χ3n) is 15.6. The number of hydrogen-bond acceptors (Lipinski definition) is 13. The second-order valence-electron chi connectivity index (χ2n) is 19.9. The molecule has 0 aromatic rings. The van der Waals surface area contributed by atoms with Gasteiger partial charge in [-0.1, -0.05) is 68.0 Å². The Morgan fingerprint density at radius 1 is 0.952 bits per heavy atom. The lowest BCUT2D eigenvalue weighted by Gasteiger charge is -2.54. The van der Waals surface area contributed by atoms with Gasteiger partial charge in [-0.15, -0.1) is 0 Å². The molecule has 4 fully saturated rings. The van der Waals surface area contributed by atoms with Crippen LogP contribution in [0.1, 0.15) is 140 Å². The van der Waals surface area contributed by atoms with Gasteiger partial charge in [0.05, 0.1) is 53.7 Å². The molecule has 5 aliphatic heterocycles. The smallest absolute Gasteiger partial charge is 0.407 e. The number of carbonyl (C=O) groups is 3. The normalized spacial score (nSPS) is 40.4. The molecule has 4 saturated heterocycles. The average Bonchev–Trinajstić information content (AvgIpc) is 3.60. The van der Waals surface area contributed by atoms with Crippen LogP contribution in [0, 0.1) is 41.4 Å². The van der Waals surface area contributed by atoms with Gasteiger partial charge in [0.15, 0.2) is 11.9 Å². The Morgan fingerprint density at radius 3 is 2.30 bits per heavy atom. The van der Waals surface area contributed by atoms with Gasteiger partial charge < -0.3 is 53.8 Å². The lowest BCUT2D eigenvalue weighted by atomic mass is 9.72. The molecule has 63 heavy (non-hydrogen) atoms. The Balaban J connectivity index is 1.37. The quantitative estimate of drug-likeness (QED) is 0.0630. The zero-order chi connectivity index (χ0) is 46.5. The number of rotatable bonds is 18. The van der Waals surface area contributed by atoms with E-state index in [2.05, 4.69) is 32.7 Å². The van der Waals surface area contributed by atoms with E-state index in [-0.39, 0.29) is 67.6 Å². The van der Waals surface area contributed by atoms with Gasteiger partial charge in [0.25, 0.3) is 0 Å². The summed E-state index contributed by atoms with van der Waals surface area (Å²) in [5, 5.41) is 35.2. The minimum absolute atomic E-state index is 0.0426. The highest BCUT2D eigenvalue weighted by molar-refractivity contribution is 5.84. The summed E-state index contributed by atoms with van der Waals surface area (Å²) in [7, 11) is 0. The standard InChI is InChI=1S/C49H81NO13/c1-12-27-57-44(54)35(13-2)37-18-17-29(5)42(59-37)33(9)40(52)32(8)41(53)36(14-3)43-30(6)28-31(7)48(61-43)22-20-39(60-45(55)50-25-16-26-51)49(63-48)24-23-46(11,62-49)38-19-21-47(56,15-4)34(10)58-38/h12,20,22,29-40,42-43,51-52,56H,1,13-19,21,23-28H2,2-11H3,(H,50,55)/t29?,30-,31+,32-,33-,34-,35+,36-,37+,38+,39+,40+,42+,43-,46-,47+,48-,49-/m0/s1. The van der Waals surface area contributed by atoms with Crippen LogP contribution in [0.25, 0.3) is 0 Å². The third-order valence-corrected chi connectivity index (χ3v) is 15.6. The monoisotopic (exact) mass is 892 g/mol. The highest BCUT2D eigenvalue weighted by Gasteiger charge is 2.64. The number of aliphatic hydroxyl groups is 3. The molecular weight excluding hydrogens is 811 g/mol. The first-order valence-corrected chi connectivity index (χ1v) is 24.1. The number of alkyl carbamates (subject to hydrolysis) is 1. The van der Waals surface area contributed by atoms with Gasteiger partial charge >= 0.3 is 12.1 Å². The van der Waals surface area contributed by atoms with Crippen LogP contribution in [0.2, 0.25) is 0 Å². The summed E-state index contributed by atoms with van der Waals surface area (Å²) in [6, 6.07) is 0. The van der Waals surface area contributed by atoms with E-state index in [0.29, 0.717) is 64.2 Å². The topological polar surface area (TPSA) is 189 Å². The van der Waals surface area contributed by atoms with Crippen molar-refractivity contribution < 1.29 is 62.9 Å². The Hall–Kier alpha value is -2.43. The van der Waals surface area contributed by atoms with Crippen molar-refractivity contribution >= 4 is 17.8 Å². The maximum Gasteiger partial charge on any atom is 0.407 e. The van der Waals surface area contributed by atoms with Gasteiger partial charge in [-0.2, -0.15) is 0 Å². The van der Waals surface area contributed by atoms with E-state index in [1.807, 2.05) is 41.5 Å². The summed E-state index contributed by atoms with van der Waals surface area (Å²) >= 11 is 0. The fraction of sp³-hybridized carbons (Fsp3) is 0.857. The number of amides is 1. The SMILES string of the molecule is C=CCOC(=O)[C@H](CC)[C@H]1CCC(C)[C@H]([C@@H](C)[C@H](O)[C@H](C)C(=O)[C@H](CC)[C@H]2O[C@]3(C=C[C@@H](OC(=O)NCCCO)[C@]4(CC[C@@](C)([C@H]5CC[C@](O)(CC)[C@H](C)O5)O4)O3)[C@H](C)C[C@@H]2C)O1. The molecule has 0 saturated carbocycles. The second-order valence-corrected chi connectivity index (χ2v) is 19.9. The van der Waals surface area contributed by atoms with Crippen LogP contribution in [0.3, 0.4) is 0 Å². The maximum atomic E-state index is 14.7. The Bertz CT molecular complexity index is 1590. The van der Waals surface area contributed by atoms with Crippen LogP contribution in [0.5, 0.6) is 0 Å². The molecule has 0 radical (unpaired) electrons. The summed E-state index contributed by atoms with van der Waals surface area (Å²) in [4.78, 5) is 40.8. The number of nitrogens with one attached hydrogen (secondary N) is 1. The summed E-state index contributed by atoms with van der Waals surface area (Å²) in [6.07, 6.45) is 6.54. The molecule has 0 aromatic heterocycles. The largest absolute Gasteiger partial charge is 0.461 e. The van der Waals surface area contributed by atoms with Crippen LogP contribution in [-0.2, 0) is 42.7 Å². The molecule has 0 aliphatic carbocycles. The van der Waals surface area contributed by atoms with E-state index in [0.717, 1.165) is 6.42 Å². The summed E-state index contributed by atoms with van der Waals surface area (Å²) < 4.78 is 45.9. The molecule has 1 amide bonds. The third kappa shape index (κ3) is 10.9. The van der Waals surface area contributed by atoms with E-state index in [1.165, 1.54) is 0 Å². The van der Waals surface area contributed by atoms with E-state index in [1.54, 1.807) is 25.2 Å². The Kier molecular flexibility index (Phi) is 17.6. The van der Waals surface area contributed by atoms with Crippen molar-refractivity contribution in [3.8, 4) is 0 Å². The fourth-order valence-electron chi connectivity index (χ4n) is 11.3. The van der Waals surface area contributed by atoms with Gasteiger partial charge in [-0.3, -0.25) is 9.59 Å². The number of Topliss-reactive ketones (excluding diaryl/α,β-unsaturated/α-hetero) is 1. The van der Waals surface area contributed by atoms with E-state index < -0.39 is 77.0 Å². The Morgan fingerprint density at radius 2 is 1.67 bits per heavy atom. The number of carbonyl (C=O) groups excluding carboxylic acids is 3. The van der Waals surface area contributed by atoms with E-state index >= 15 is 0 Å². The predicted octanol–water partition coefficient (Wildman–Crippen LogP) is 6.95. The first-order chi connectivity index (χ1) is 29.8. The first-order valence-electron chi connectivity index (χ1n) is 24.1. The molecule has 4 N–H and O–H groups in total. The second kappa shape index (κ2) is 21.5. The van der Waals surface area contributed by atoms with Crippen LogP contribution in [0.4, 0.5) is 4.79 Å². The van der Waals surface area contributed by atoms with Gasteiger partial charge in [0, 0.05) is 43.2 Å². The van der Waals surface area contributed by atoms with Crippen molar-refractivity contribution in [1.29, 1.82) is 0 Å². The van der Waals surface area contributed by atoms with Gasteiger partial charge in [-0.05, 0) is 102 Å². The molecule has 1 unspecified atom stereocenters. The summed E-state index contributed by atoms with van der Waals surface area (Å²) in [6.45, 7) is 23.6. The van der Waals surface area contributed by atoms with Crippen molar-refractivity contribution in [3.63, 3.8) is 0 Å². The molecule has 5 rings (SSSR count). The highest BCUT2D eigenvalue weighted by Crippen LogP contribution is 2.54. The van der Waals surface area contributed by atoms with Crippen LogP contribution in [0.15, 0.2) is 24.8 Å². The number of esters is 1. The number of hydrogen-bond donors (Lipinski definition) is 4. The molecule has 0 bridgehead atoms. The van der Waals surface area contributed by atoms with Gasteiger partial charge in [0.1, 0.15) is 12.4 Å². The van der Waals surface area contributed by atoms with Crippen LogP contribution in [-0.4, -0.2) is 118 Å².